The first-order chi connectivity index (χ1) is 16.4. The number of aliphatic carboxylic acids is 1. The number of ether oxygens (including phenoxy) is 3. The number of carboxylic acids is 1. The summed E-state index contributed by atoms with van der Waals surface area (Å²) in [6.45, 7) is 0. The van der Waals surface area contributed by atoms with Crippen LogP contribution < -0.4 is 10.1 Å². The number of nitrogens with one attached hydrogen (secondary N) is 1. The number of nitrogens with zero attached hydrogens (tertiary/aromatic N) is 2. The number of carboxylic acid groups (broad SMARTS) is 1. The van der Waals surface area contributed by atoms with Gasteiger partial charge in [-0.3, -0.25) is 4.79 Å². The van der Waals surface area contributed by atoms with Gasteiger partial charge in [-0.1, -0.05) is 36.4 Å². The maximum atomic E-state index is 13.0. The molecular weight excluding hydrogens is 446 g/mol. The molecule has 1 aromatic heterocycles. The lowest BCUT2D eigenvalue weighted by Crippen LogP contribution is -2.48. The van der Waals surface area contributed by atoms with Crippen LogP contribution in [-0.2, 0) is 19.1 Å². The Morgan fingerprint density at radius 3 is 1.74 bits per heavy atom. The number of esters is 2. The summed E-state index contributed by atoms with van der Waals surface area (Å²) >= 11 is 0. The molecule has 0 saturated heterocycles. The van der Waals surface area contributed by atoms with Gasteiger partial charge in [-0.15, -0.1) is 10.2 Å². The second kappa shape index (κ2) is 11.2. The fourth-order valence-electron chi connectivity index (χ4n) is 2.70. The van der Waals surface area contributed by atoms with Crippen LogP contribution in [0.1, 0.15) is 20.7 Å². The molecule has 0 radical (unpaired) electrons. The predicted octanol–water partition coefficient (Wildman–Crippen LogP) is 1.96. The van der Waals surface area contributed by atoms with Gasteiger partial charge in [-0.05, 0) is 30.3 Å². The van der Waals surface area contributed by atoms with Crippen molar-refractivity contribution in [2.75, 3.05) is 12.4 Å². The lowest BCUT2D eigenvalue weighted by molar-refractivity contribution is -0.157. The SMILES string of the molecule is COc1ccc(NC(=O)[C@H](OC(=O)c2ccccc2)[C@H](OC(=O)c2ccccc2)C(=O)O)nn1. The van der Waals surface area contributed by atoms with Gasteiger partial charge in [0.2, 0.25) is 18.1 Å². The van der Waals surface area contributed by atoms with Crippen LogP contribution in [-0.4, -0.2) is 58.4 Å². The molecule has 11 nitrogen and oxygen atoms in total. The molecule has 174 valence electrons. The average Bonchev–Trinajstić information content (AvgIpc) is 2.87. The summed E-state index contributed by atoms with van der Waals surface area (Å²) in [5.74, 6) is -4.73. The Morgan fingerprint density at radius 2 is 1.29 bits per heavy atom. The highest BCUT2D eigenvalue weighted by molar-refractivity contribution is 6.01. The van der Waals surface area contributed by atoms with E-state index >= 15 is 0 Å². The highest BCUT2D eigenvalue weighted by Gasteiger charge is 2.41. The number of benzene rings is 2. The van der Waals surface area contributed by atoms with E-state index in [-0.39, 0.29) is 22.8 Å². The van der Waals surface area contributed by atoms with Crippen molar-refractivity contribution in [2.24, 2.45) is 0 Å². The third-order valence-electron chi connectivity index (χ3n) is 4.36. The van der Waals surface area contributed by atoms with E-state index in [0.29, 0.717) is 0 Å². The number of carbonyl (C=O) groups excluding carboxylic acids is 3. The van der Waals surface area contributed by atoms with Crippen LogP contribution in [0, 0.1) is 0 Å². The minimum absolute atomic E-state index is 0.0447. The van der Waals surface area contributed by atoms with E-state index in [4.69, 9.17) is 14.2 Å². The van der Waals surface area contributed by atoms with Crippen molar-refractivity contribution < 1.29 is 38.5 Å². The molecule has 0 bridgehead atoms. The second-order valence-corrected chi connectivity index (χ2v) is 6.67. The van der Waals surface area contributed by atoms with Crippen molar-refractivity contribution >= 4 is 29.6 Å². The molecule has 2 aromatic carbocycles. The van der Waals surface area contributed by atoms with Crippen molar-refractivity contribution in [2.45, 2.75) is 12.2 Å². The Labute approximate surface area is 193 Å². The Bertz CT molecular complexity index is 1150. The normalized spacial score (nSPS) is 12.0. The number of methoxy groups -OCH3 is 1. The minimum Gasteiger partial charge on any atom is -0.480 e. The number of aromatic nitrogens is 2. The fourth-order valence-corrected chi connectivity index (χ4v) is 2.70. The van der Waals surface area contributed by atoms with Crippen molar-refractivity contribution in [3.63, 3.8) is 0 Å². The lowest BCUT2D eigenvalue weighted by Gasteiger charge is -2.23. The highest BCUT2D eigenvalue weighted by atomic mass is 16.6. The van der Waals surface area contributed by atoms with Crippen LogP contribution in [0.15, 0.2) is 72.8 Å². The highest BCUT2D eigenvalue weighted by Crippen LogP contribution is 2.16. The molecule has 11 heteroatoms. The van der Waals surface area contributed by atoms with E-state index in [2.05, 4.69) is 15.5 Å². The van der Waals surface area contributed by atoms with Gasteiger partial charge >= 0.3 is 17.9 Å². The number of hydrogen-bond donors (Lipinski definition) is 2. The third kappa shape index (κ3) is 6.13. The Kier molecular flexibility index (Phi) is 7.84. The summed E-state index contributed by atoms with van der Waals surface area (Å²) in [5.41, 5.74) is 0.103. The Hall–Kier alpha value is -4.80. The smallest absolute Gasteiger partial charge is 0.349 e. The maximum Gasteiger partial charge on any atom is 0.349 e. The molecule has 34 heavy (non-hydrogen) atoms. The standard InChI is InChI=1S/C23H19N3O8/c1-32-17-13-12-16(25-26-17)24-20(27)18(33-22(30)14-8-4-2-5-9-14)19(21(28)29)34-23(31)15-10-6-3-7-11-15/h2-13,18-19H,1H3,(H,28,29)(H,24,25,27)/t18-,19+/m1/s1. The zero-order chi connectivity index (χ0) is 24.5. The van der Waals surface area contributed by atoms with E-state index in [1.54, 1.807) is 36.4 Å². The van der Waals surface area contributed by atoms with Gasteiger partial charge < -0.3 is 24.6 Å². The topological polar surface area (TPSA) is 154 Å². The number of anilines is 1. The molecular formula is C23H19N3O8. The maximum absolute atomic E-state index is 13.0. The van der Waals surface area contributed by atoms with Gasteiger partial charge in [-0.2, -0.15) is 0 Å². The van der Waals surface area contributed by atoms with Crippen molar-refractivity contribution in [1.29, 1.82) is 0 Å². The molecule has 0 saturated carbocycles. The van der Waals surface area contributed by atoms with Crippen LogP contribution in [0.4, 0.5) is 5.82 Å². The number of hydrogen-bond acceptors (Lipinski definition) is 9. The largest absolute Gasteiger partial charge is 0.480 e. The molecule has 3 aromatic rings. The minimum atomic E-state index is -2.16. The second-order valence-electron chi connectivity index (χ2n) is 6.67. The predicted molar refractivity (Wildman–Crippen MR) is 116 cm³/mol. The number of carbonyl (C=O) groups is 4. The van der Waals surface area contributed by atoms with Crippen molar-refractivity contribution in [1.82, 2.24) is 10.2 Å². The fraction of sp³-hybridized carbons (Fsp3) is 0.130. The van der Waals surface area contributed by atoms with E-state index in [1.807, 2.05) is 0 Å². The van der Waals surface area contributed by atoms with Gasteiger partial charge in [0.15, 0.2) is 5.82 Å². The third-order valence-corrected chi connectivity index (χ3v) is 4.36. The van der Waals surface area contributed by atoms with Crippen LogP contribution in [0.3, 0.4) is 0 Å². The van der Waals surface area contributed by atoms with Crippen LogP contribution in [0.2, 0.25) is 0 Å². The molecule has 0 spiro atoms. The van der Waals surface area contributed by atoms with Gasteiger partial charge in [0.05, 0.1) is 18.2 Å². The molecule has 3 rings (SSSR count). The van der Waals surface area contributed by atoms with Crippen molar-refractivity contribution in [3.8, 4) is 5.88 Å². The summed E-state index contributed by atoms with van der Waals surface area (Å²) < 4.78 is 15.1. The van der Waals surface area contributed by atoms with Gasteiger partial charge in [-0.25, -0.2) is 14.4 Å². The van der Waals surface area contributed by atoms with Crippen molar-refractivity contribution in [3.05, 3.63) is 83.9 Å². The summed E-state index contributed by atoms with van der Waals surface area (Å²) in [6.07, 6.45) is -4.21. The van der Waals surface area contributed by atoms with E-state index in [0.717, 1.165) is 0 Å². The van der Waals surface area contributed by atoms with Crippen LogP contribution in [0.25, 0.3) is 0 Å². The molecule has 1 heterocycles. The van der Waals surface area contributed by atoms with Gasteiger partial charge in [0.1, 0.15) is 0 Å². The lowest BCUT2D eigenvalue weighted by atomic mass is 10.1. The Balaban J connectivity index is 1.88. The first-order valence-corrected chi connectivity index (χ1v) is 9.82. The first kappa shape index (κ1) is 23.9. The molecule has 1 amide bonds. The summed E-state index contributed by atoms with van der Waals surface area (Å²) in [5, 5.41) is 19.4. The van der Waals surface area contributed by atoms with Crippen LogP contribution in [0.5, 0.6) is 5.88 Å². The molecule has 0 aliphatic carbocycles. The molecule has 0 unspecified atom stereocenters. The van der Waals surface area contributed by atoms with E-state index in [1.165, 1.54) is 43.5 Å². The van der Waals surface area contributed by atoms with Gasteiger partial charge in [0, 0.05) is 6.07 Å². The van der Waals surface area contributed by atoms with E-state index in [9.17, 15) is 24.3 Å². The molecule has 0 aliphatic heterocycles. The quantitative estimate of drug-likeness (QED) is 0.448. The average molecular weight is 465 g/mol. The zero-order valence-corrected chi connectivity index (χ0v) is 17.8. The summed E-state index contributed by atoms with van der Waals surface area (Å²) in [4.78, 5) is 50.0. The summed E-state index contributed by atoms with van der Waals surface area (Å²) in [7, 11) is 1.37. The van der Waals surface area contributed by atoms with E-state index < -0.39 is 36.0 Å². The zero-order valence-electron chi connectivity index (χ0n) is 17.8. The monoisotopic (exact) mass is 465 g/mol. The first-order valence-electron chi connectivity index (χ1n) is 9.82. The number of amides is 1. The summed E-state index contributed by atoms with van der Waals surface area (Å²) in [6, 6.07) is 17.9. The van der Waals surface area contributed by atoms with Crippen LogP contribution >= 0.6 is 0 Å². The molecule has 2 N–H and O–H groups in total. The van der Waals surface area contributed by atoms with Gasteiger partial charge in [0.25, 0.3) is 5.91 Å². The number of rotatable bonds is 9. The molecule has 0 fully saturated rings. The Morgan fingerprint density at radius 1 is 0.765 bits per heavy atom. The molecule has 0 aliphatic rings. The molecule has 2 atom stereocenters.